The van der Waals surface area contributed by atoms with Crippen LogP contribution in [0.2, 0.25) is 0 Å². The molecule has 0 aromatic carbocycles. The fourth-order valence-corrected chi connectivity index (χ4v) is 2.64. The largest absolute Gasteiger partial charge is 0.328 e. The van der Waals surface area contributed by atoms with Gasteiger partial charge >= 0.3 is 0 Å². The molecular weight excluding hydrogens is 196 g/mol. The monoisotopic (exact) mass is 226 g/mol. The molecule has 1 rings (SSSR count). The molecule has 16 heavy (non-hydrogen) atoms. The zero-order valence-electron chi connectivity index (χ0n) is 11.3. The van der Waals surface area contributed by atoms with Crippen molar-refractivity contribution in [2.24, 2.45) is 11.7 Å². The highest BCUT2D eigenvalue weighted by molar-refractivity contribution is 4.77. The van der Waals surface area contributed by atoms with Crippen LogP contribution in [0, 0.1) is 5.92 Å². The van der Waals surface area contributed by atoms with Gasteiger partial charge < -0.3 is 10.6 Å². The van der Waals surface area contributed by atoms with Gasteiger partial charge in [0.15, 0.2) is 0 Å². The molecule has 1 unspecified atom stereocenters. The van der Waals surface area contributed by atoms with Crippen molar-refractivity contribution in [3.8, 4) is 0 Å². The van der Waals surface area contributed by atoms with Crippen LogP contribution in [0.4, 0.5) is 0 Å². The van der Waals surface area contributed by atoms with Crippen LogP contribution in [-0.4, -0.2) is 30.6 Å². The van der Waals surface area contributed by atoms with Crippen LogP contribution in [0.3, 0.4) is 0 Å². The van der Waals surface area contributed by atoms with Gasteiger partial charge in [-0.3, -0.25) is 0 Å². The summed E-state index contributed by atoms with van der Waals surface area (Å²) in [6, 6.07) is 0.395. The highest BCUT2D eigenvalue weighted by Gasteiger charge is 2.21. The molecule has 1 aliphatic heterocycles. The Morgan fingerprint density at radius 2 is 1.75 bits per heavy atom. The van der Waals surface area contributed by atoms with Gasteiger partial charge in [-0.2, -0.15) is 0 Å². The van der Waals surface area contributed by atoms with Gasteiger partial charge in [0.1, 0.15) is 0 Å². The summed E-state index contributed by atoms with van der Waals surface area (Å²) in [5.74, 6) is 0.774. The maximum absolute atomic E-state index is 5.95. The maximum Gasteiger partial charge on any atom is 0.00397 e. The fraction of sp³-hybridized carbons (Fsp3) is 1.00. The van der Waals surface area contributed by atoms with Gasteiger partial charge in [-0.05, 0) is 51.7 Å². The first-order chi connectivity index (χ1) is 7.74. The summed E-state index contributed by atoms with van der Waals surface area (Å²) in [6.07, 6.45) is 9.61. The molecule has 1 aliphatic rings. The molecule has 0 bridgehead atoms. The molecule has 1 heterocycles. The van der Waals surface area contributed by atoms with E-state index in [2.05, 4.69) is 18.7 Å². The fourth-order valence-electron chi connectivity index (χ4n) is 2.64. The Morgan fingerprint density at radius 3 is 2.31 bits per heavy atom. The first kappa shape index (κ1) is 14.0. The Labute approximate surface area is 102 Å². The molecule has 96 valence electrons. The Balaban J connectivity index is 1.99. The van der Waals surface area contributed by atoms with Crippen molar-refractivity contribution in [1.82, 2.24) is 4.90 Å². The summed E-state index contributed by atoms with van der Waals surface area (Å²) >= 11 is 0. The number of nitrogens with zero attached hydrogens (tertiary/aromatic N) is 1. The Kier molecular flexibility index (Phi) is 7.06. The van der Waals surface area contributed by atoms with E-state index in [4.69, 9.17) is 5.73 Å². The number of unbranched alkanes of at least 4 members (excludes halogenated alkanes) is 4. The van der Waals surface area contributed by atoms with E-state index in [1.54, 1.807) is 0 Å². The second kappa shape index (κ2) is 8.08. The van der Waals surface area contributed by atoms with Gasteiger partial charge in [0.25, 0.3) is 0 Å². The average Bonchev–Trinajstić information content (AvgIpc) is 2.29. The highest BCUT2D eigenvalue weighted by atomic mass is 15.1. The minimum Gasteiger partial charge on any atom is -0.328 e. The van der Waals surface area contributed by atoms with E-state index in [0.717, 1.165) is 5.92 Å². The lowest BCUT2D eigenvalue weighted by atomic mass is 9.91. The minimum absolute atomic E-state index is 0.395. The number of nitrogens with two attached hydrogens (primary N) is 1. The van der Waals surface area contributed by atoms with E-state index in [1.165, 1.54) is 64.6 Å². The van der Waals surface area contributed by atoms with Crippen molar-refractivity contribution in [1.29, 1.82) is 0 Å². The maximum atomic E-state index is 5.95. The summed E-state index contributed by atoms with van der Waals surface area (Å²) in [4.78, 5) is 2.63. The zero-order valence-corrected chi connectivity index (χ0v) is 11.3. The van der Waals surface area contributed by atoms with Gasteiger partial charge in [0.2, 0.25) is 0 Å². The van der Waals surface area contributed by atoms with Crippen molar-refractivity contribution in [2.45, 2.75) is 64.8 Å². The van der Waals surface area contributed by atoms with Gasteiger partial charge in [-0.15, -0.1) is 0 Å². The zero-order chi connectivity index (χ0) is 11.8. The predicted molar refractivity (Wildman–Crippen MR) is 71.6 cm³/mol. The van der Waals surface area contributed by atoms with Crippen LogP contribution >= 0.6 is 0 Å². The van der Waals surface area contributed by atoms with Gasteiger partial charge in [-0.1, -0.05) is 32.6 Å². The van der Waals surface area contributed by atoms with E-state index >= 15 is 0 Å². The number of hydrogen-bond acceptors (Lipinski definition) is 2. The molecule has 0 aliphatic carbocycles. The molecule has 0 aromatic heterocycles. The summed E-state index contributed by atoms with van der Waals surface area (Å²) in [7, 11) is 0. The van der Waals surface area contributed by atoms with E-state index in [0.29, 0.717) is 6.04 Å². The Hall–Kier alpha value is -0.0800. The Morgan fingerprint density at radius 1 is 1.12 bits per heavy atom. The van der Waals surface area contributed by atoms with Gasteiger partial charge in [0.05, 0.1) is 0 Å². The van der Waals surface area contributed by atoms with Crippen molar-refractivity contribution < 1.29 is 0 Å². The molecule has 0 saturated carbocycles. The van der Waals surface area contributed by atoms with Crippen molar-refractivity contribution in [2.75, 3.05) is 19.6 Å². The quantitative estimate of drug-likeness (QED) is 0.676. The molecule has 1 saturated heterocycles. The summed E-state index contributed by atoms with van der Waals surface area (Å²) < 4.78 is 0. The second-order valence-corrected chi connectivity index (χ2v) is 5.45. The lowest BCUT2D eigenvalue weighted by Gasteiger charge is -2.33. The predicted octanol–water partition coefficient (Wildman–Crippen LogP) is 3.02. The van der Waals surface area contributed by atoms with Crippen LogP contribution in [-0.2, 0) is 0 Å². The minimum atomic E-state index is 0.395. The van der Waals surface area contributed by atoms with E-state index in [9.17, 15) is 0 Å². The molecule has 2 N–H and O–H groups in total. The molecule has 0 spiro atoms. The molecule has 0 amide bonds. The second-order valence-electron chi connectivity index (χ2n) is 5.45. The van der Waals surface area contributed by atoms with Crippen molar-refractivity contribution in [3.63, 3.8) is 0 Å². The molecule has 0 aromatic rings. The van der Waals surface area contributed by atoms with E-state index in [-0.39, 0.29) is 0 Å². The number of piperidine rings is 1. The van der Waals surface area contributed by atoms with Gasteiger partial charge in [0, 0.05) is 6.04 Å². The topological polar surface area (TPSA) is 29.3 Å². The SMILES string of the molecule is CCCCCCCN1CCC(C(C)N)CC1. The van der Waals surface area contributed by atoms with Crippen LogP contribution < -0.4 is 5.73 Å². The number of likely N-dealkylation sites (tertiary alicyclic amines) is 1. The smallest absolute Gasteiger partial charge is 0.00397 e. The van der Waals surface area contributed by atoms with Crippen LogP contribution in [0.25, 0.3) is 0 Å². The number of rotatable bonds is 7. The number of hydrogen-bond donors (Lipinski definition) is 1. The standard InChI is InChI=1S/C14H30N2/c1-3-4-5-6-7-10-16-11-8-14(9-12-16)13(2)15/h13-14H,3-12,15H2,1-2H3. The van der Waals surface area contributed by atoms with Crippen molar-refractivity contribution in [3.05, 3.63) is 0 Å². The molecule has 0 radical (unpaired) electrons. The van der Waals surface area contributed by atoms with Crippen LogP contribution in [0.5, 0.6) is 0 Å². The third kappa shape index (κ3) is 5.31. The first-order valence-corrected chi connectivity index (χ1v) is 7.22. The lowest BCUT2D eigenvalue weighted by molar-refractivity contribution is 0.169. The van der Waals surface area contributed by atoms with Crippen LogP contribution in [0.1, 0.15) is 58.8 Å². The third-order valence-corrected chi connectivity index (χ3v) is 3.95. The van der Waals surface area contributed by atoms with E-state index < -0.39 is 0 Å². The van der Waals surface area contributed by atoms with E-state index in [1.807, 2.05) is 0 Å². The molecular formula is C14H30N2. The molecule has 2 heteroatoms. The van der Waals surface area contributed by atoms with Crippen LogP contribution in [0.15, 0.2) is 0 Å². The summed E-state index contributed by atoms with van der Waals surface area (Å²) in [5.41, 5.74) is 5.95. The molecule has 1 fully saturated rings. The average molecular weight is 226 g/mol. The first-order valence-electron chi connectivity index (χ1n) is 7.22. The summed E-state index contributed by atoms with van der Waals surface area (Å²) in [5, 5.41) is 0. The van der Waals surface area contributed by atoms with Crippen molar-refractivity contribution >= 4 is 0 Å². The molecule has 2 nitrogen and oxygen atoms in total. The highest BCUT2D eigenvalue weighted by Crippen LogP contribution is 2.19. The summed E-state index contributed by atoms with van der Waals surface area (Å²) in [6.45, 7) is 8.30. The van der Waals surface area contributed by atoms with Gasteiger partial charge in [-0.25, -0.2) is 0 Å². The lowest BCUT2D eigenvalue weighted by Crippen LogP contribution is -2.40. The third-order valence-electron chi connectivity index (χ3n) is 3.95. The Bertz CT molecular complexity index is 160. The normalized spacial score (nSPS) is 21.2. The molecule has 1 atom stereocenters.